The third-order valence-electron chi connectivity index (χ3n) is 3.54. The monoisotopic (exact) mass is 307 g/mol. The molecule has 0 unspecified atom stereocenters. The third kappa shape index (κ3) is 3.58. The Labute approximate surface area is 134 Å². The highest BCUT2D eigenvalue weighted by molar-refractivity contribution is 5.94. The summed E-state index contributed by atoms with van der Waals surface area (Å²) in [5, 5.41) is 2.91. The van der Waals surface area contributed by atoms with E-state index in [4.69, 9.17) is 4.74 Å². The molecule has 0 fully saturated rings. The van der Waals surface area contributed by atoms with Crippen LogP contribution in [0.5, 0.6) is 5.75 Å². The van der Waals surface area contributed by atoms with Crippen LogP contribution in [-0.2, 0) is 6.54 Å². The highest BCUT2D eigenvalue weighted by Gasteiger charge is 2.06. The van der Waals surface area contributed by atoms with Gasteiger partial charge in [-0.05, 0) is 42.0 Å². The minimum atomic E-state index is -0.0991. The number of hydrogen-bond acceptors (Lipinski definition) is 3. The van der Waals surface area contributed by atoms with E-state index in [-0.39, 0.29) is 5.91 Å². The fraction of sp³-hybridized carbons (Fsp3) is 0.111. The molecule has 0 bridgehead atoms. The topological polar surface area (TPSA) is 56.1 Å². The van der Waals surface area contributed by atoms with E-state index >= 15 is 0 Å². The van der Waals surface area contributed by atoms with Gasteiger partial charge >= 0.3 is 0 Å². The fourth-order valence-electron chi connectivity index (χ4n) is 2.22. The van der Waals surface area contributed by atoms with Crippen LogP contribution in [0, 0.1) is 0 Å². The van der Waals surface area contributed by atoms with Crippen molar-refractivity contribution in [2.24, 2.45) is 0 Å². The summed E-state index contributed by atoms with van der Waals surface area (Å²) in [5.41, 5.74) is 2.62. The number of aromatic nitrogens is 2. The van der Waals surface area contributed by atoms with E-state index in [1.165, 1.54) is 0 Å². The number of hydrogen-bond donors (Lipinski definition) is 1. The predicted octanol–water partition coefficient (Wildman–Crippen LogP) is 2.81. The number of amides is 1. The highest BCUT2D eigenvalue weighted by atomic mass is 16.5. The van der Waals surface area contributed by atoms with Crippen molar-refractivity contribution < 1.29 is 9.53 Å². The normalized spacial score (nSPS) is 10.3. The molecule has 0 aliphatic rings. The molecular weight excluding hydrogens is 290 g/mol. The Morgan fingerprint density at radius 3 is 2.48 bits per heavy atom. The van der Waals surface area contributed by atoms with Crippen LogP contribution in [0.4, 0.5) is 0 Å². The van der Waals surface area contributed by atoms with E-state index in [1.54, 1.807) is 31.8 Å². The molecule has 0 radical (unpaired) electrons. The molecule has 1 aromatic heterocycles. The Balaban J connectivity index is 1.61. The van der Waals surface area contributed by atoms with Gasteiger partial charge in [0.05, 0.1) is 13.4 Å². The van der Waals surface area contributed by atoms with Crippen LogP contribution in [0.1, 0.15) is 15.9 Å². The predicted molar refractivity (Wildman–Crippen MR) is 87.7 cm³/mol. The third-order valence-corrected chi connectivity index (χ3v) is 3.54. The summed E-state index contributed by atoms with van der Waals surface area (Å²) in [7, 11) is 1.63. The molecule has 116 valence electrons. The Kier molecular flexibility index (Phi) is 4.38. The number of carbonyl (C=O) groups excluding carboxylic acids is 1. The largest absolute Gasteiger partial charge is 0.497 e. The number of carbonyl (C=O) groups is 1. The van der Waals surface area contributed by atoms with Crippen LogP contribution in [-0.4, -0.2) is 22.6 Å². The molecule has 1 heterocycles. The fourth-order valence-corrected chi connectivity index (χ4v) is 2.22. The SMILES string of the molecule is COc1ccc(CNC(=O)c2ccc(-n3ccnc3)cc2)cc1. The molecule has 0 saturated heterocycles. The lowest BCUT2D eigenvalue weighted by Gasteiger charge is -2.07. The van der Waals surface area contributed by atoms with Crippen LogP contribution >= 0.6 is 0 Å². The molecule has 0 aliphatic heterocycles. The molecule has 3 rings (SSSR count). The van der Waals surface area contributed by atoms with Gasteiger partial charge in [-0.1, -0.05) is 12.1 Å². The van der Waals surface area contributed by atoms with E-state index in [1.807, 2.05) is 47.2 Å². The number of rotatable bonds is 5. The maximum absolute atomic E-state index is 12.2. The first-order chi connectivity index (χ1) is 11.3. The summed E-state index contributed by atoms with van der Waals surface area (Å²) in [6, 6.07) is 15.0. The molecule has 5 heteroatoms. The van der Waals surface area contributed by atoms with Crippen molar-refractivity contribution in [3.8, 4) is 11.4 Å². The highest BCUT2D eigenvalue weighted by Crippen LogP contribution is 2.12. The second-order valence-electron chi connectivity index (χ2n) is 5.05. The van der Waals surface area contributed by atoms with Crippen molar-refractivity contribution in [1.82, 2.24) is 14.9 Å². The molecule has 3 aromatic rings. The van der Waals surface area contributed by atoms with Gasteiger partial charge < -0.3 is 14.6 Å². The van der Waals surface area contributed by atoms with Crippen LogP contribution in [0.25, 0.3) is 5.69 Å². The molecule has 0 saturated carbocycles. The lowest BCUT2D eigenvalue weighted by molar-refractivity contribution is 0.0951. The number of nitrogens with one attached hydrogen (secondary N) is 1. The molecule has 23 heavy (non-hydrogen) atoms. The first kappa shape index (κ1) is 14.8. The summed E-state index contributed by atoms with van der Waals surface area (Å²) in [6.07, 6.45) is 5.30. The molecule has 1 N–H and O–H groups in total. The summed E-state index contributed by atoms with van der Waals surface area (Å²) < 4.78 is 7.00. The lowest BCUT2D eigenvalue weighted by Crippen LogP contribution is -2.22. The zero-order valence-corrected chi connectivity index (χ0v) is 12.8. The molecular formula is C18H17N3O2. The van der Waals surface area contributed by atoms with Crippen LogP contribution in [0.15, 0.2) is 67.3 Å². The first-order valence-corrected chi connectivity index (χ1v) is 7.26. The summed E-state index contributed by atoms with van der Waals surface area (Å²) in [5.74, 6) is 0.702. The maximum atomic E-state index is 12.2. The standard InChI is InChI=1S/C18H17N3O2/c1-23-17-8-2-14(3-9-17)12-20-18(22)15-4-6-16(7-5-15)21-11-10-19-13-21/h2-11,13H,12H2,1H3,(H,20,22). The quantitative estimate of drug-likeness (QED) is 0.788. The number of methoxy groups -OCH3 is 1. The minimum absolute atomic E-state index is 0.0991. The number of benzene rings is 2. The second-order valence-corrected chi connectivity index (χ2v) is 5.05. The second kappa shape index (κ2) is 6.79. The van der Waals surface area contributed by atoms with Crippen molar-refractivity contribution in [3.05, 3.63) is 78.4 Å². The van der Waals surface area contributed by atoms with Crippen LogP contribution < -0.4 is 10.1 Å². The Morgan fingerprint density at radius 2 is 1.87 bits per heavy atom. The van der Waals surface area contributed by atoms with Crippen LogP contribution in [0.2, 0.25) is 0 Å². The van der Waals surface area contributed by atoms with E-state index in [0.717, 1.165) is 17.0 Å². The van der Waals surface area contributed by atoms with Crippen molar-refractivity contribution in [2.45, 2.75) is 6.54 Å². The van der Waals surface area contributed by atoms with Gasteiger partial charge in [0.1, 0.15) is 5.75 Å². The zero-order valence-electron chi connectivity index (χ0n) is 12.8. The summed E-state index contributed by atoms with van der Waals surface area (Å²) >= 11 is 0. The summed E-state index contributed by atoms with van der Waals surface area (Å²) in [4.78, 5) is 16.2. The number of imidazole rings is 1. The van der Waals surface area contributed by atoms with Gasteiger partial charge in [-0.15, -0.1) is 0 Å². The molecule has 0 aliphatic carbocycles. The van der Waals surface area contributed by atoms with Gasteiger partial charge in [0, 0.05) is 30.2 Å². The zero-order chi connectivity index (χ0) is 16.1. The first-order valence-electron chi connectivity index (χ1n) is 7.26. The number of ether oxygens (including phenoxy) is 1. The molecule has 1 amide bonds. The Morgan fingerprint density at radius 1 is 1.13 bits per heavy atom. The minimum Gasteiger partial charge on any atom is -0.497 e. The van der Waals surface area contributed by atoms with Crippen molar-refractivity contribution in [3.63, 3.8) is 0 Å². The van der Waals surface area contributed by atoms with Crippen molar-refractivity contribution in [2.75, 3.05) is 7.11 Å². The Hall–Kier alpha value is -3.08. The van der Waals surface area contributed by atoms with E-state index in [0.29, 0.717) is 12.1 Å². The van der Waals surface area contributed by atoms with Gasteiger partial charge in [-0.2, -0.15) is 0 Å². The van der Waals surface area contributed by atoms with Gasteiger partial charge in [0.15, 0.2) is 0 Å². The molecule has 2 aromatic carbocycles. The average Bonchev–Trinajstić information content (AvgIpc) is 3.15. The smallest absolute Gasteiger partial charge is 0.251 e. The van der Waals surface area contributed by atoms with Crippen LogP contribution in [0.3, 0.4) is 0 Å². The van der Waals surface area contributed by atoms with E-state index in [9.17, 15) is 4.79 Å². The Bertz CT molecular complexity index is 763. The van der Waals surface area contributed by atoms with E-state index < -0.39 is 0 Å². The lowest BCUT2D eigenvalue weighted by atomic mass is 10.1. The maximum Gasteiger partial charge on any atom is 0.251 e. The van der Waals surface area contributed by atoms with Crippen molar-refractivity contribution >= 4 is 5.91 Å². The van der Waals surface area contributed by atoms with E-state index in [2.05, 4.69) is 10.3 Å². The van der Waals surface area contributed by atoms with Gasteiger partial charge in [-0.3, -0.25) is 4.79 Å². The molecule has 5 nitrogen and oxygen atoms in total. The number of nitrogens with zero attached hydrogens (tertiary/aromatic N) is 2. The summed E-state index contributed by atoms with van der Waals surface area (Å²) in [6.45, 7) is 0.478. The average molecular weight is 307 g/mol. The molecule has 0 atom stereocenters. The van der Waals surface area contributed by atoms with Gasteiger partial charge in [0.25, 0.3) is 5.91 Å². The van der Waals surface area contributed by atoms with Gasteiger partial charge in [-0.25, -0.2) is 4.98 Å². The van der Waals surface area contributed by atoms with Gasteiger partial charge in [0.2, 0.25) is 0 Å². The molecule has 0 spiro atoms. The van der Waals surface area contributed by atoms with Crippen molar-refractivity contribution in [1.29, 1.82) is 0 Å².